The number of aromatic nitrogens is 2. The van der Waals surface area contributed by atoms with Crippen LogP contribution in [0.15, 0.2) is 73.1 Å². The molecule has 4 aromatic rings. The maximum atomic E-state index is 13.6. The fraction of sp³-hybridized carbons (Fsp3) is 0.294. The molecule has 1 saturated carbocycles. The van der Waals surface area contributed by atoms with Crippen LogP contribution < -0.4 is 25.4 Å². The van der Waals surface area contributed by atoms with Crippen LogP contribution in [0.25, 0.3) is 11.4 Å². The van der Waals surface area contributed by atoms with Gasteiger partial charge in [-0.05, 0) is 79.1 Å². The van der Waals surface area contributed by atoms with Gasteiger partial charge < -0.3 is 25.4 Å². The second kappa shape index (κ2) is 12.5. The Morgan fingerprint density at radius 2 is 1.88 bits per heavy atom. The van der Waals surface area contributed by atoms with E-state index in [2.05, 4.69) is 35.1 Å². The highest BCUT2D eigenvalue weighted by Crippen LogP contribution is 2.51. The van der Waals surface area contributed by atoms with Gasteiger partial charge >= 0.3 is 0 Å². The van der Waals surface area contributed by atoms with Crippen molar-refractivity contribution in [3.8, 4) is 11.4 Å². The molecule has 1 aliphatic rings. The van der Waals surface area contributed by atoms with Crippen molar-refractivity contribution in [3.63, 3.8) is 0 Å². The fourth-order valence-corrected chi connectivity index (χ4v) is 5.74. The van der Waals surface area contributed by atoms with Gasteiger partial charge in [0.05, 0.1) is 41.8 Å². The largest absolute Gasteiger partial charge is 0.492 e. The molecule has 1 heterocycles. The molecule has 0 bridgehead atoms. The summed E-state index contributed by atoms with van der Waals surface area (Å²) in [7, 11) is 3.56. The van der Waals surface area contributed by atoms with Crippen LogP contribution in [0.5, 0.6) is 5.75 Å². The molecule has 0 aliphatic heterocycles. The monoisotopic (exact) mass is 596 g/mol. The smallest absolute Gasteiger partial charge is 0.255 e. The number of methoxy groups -OCH3 is 1. The standard InChI is InChI=1S/C34H40N6O2S/c1-7-30-26(20-36-40(30)25-11-9-8-10-12-25)27(35)21-39(4)31-17-23(14-13-22(31)2)33(41)37-28-18-24(34(3)15-16-34)19-29(38-43-6)32(28)42-5/h8-14,17-21,38H,7,15-16,35H2,1-6H3,(H,37,41)/b27-21-. The molecule has 1 fully saturated rings. The molecule has 43 heavy (non-hydrogen) atoms. The van der Waals surface area contributed by atoms with Crippen molar-refractivity contribution in [2.75, 3.05) is 35.4 Å². The van der Waals surface area contributed by atoms with Crippen molar-refractivity contribution < 1.29 is 9.53 Å². The number of hydrogen-bond acceptors (Lipinski definition) is 7. The van der Waals surface area contributed by atoms with Gasteiger partial charge in [0.1, 0.15) is 0 Å². The maximum absolute atomic E-state index is 13.6. The molecule has 0 unspecified atom stereocenters. The first-order chi connectivity index (χ1) is 20.7. The normalized spacial score (nSPS) is 13.9. The molecule has 8 nitrogen and oxygen atoms in total. The van der Waals surface area contributed by atoms with Crippen LogP contribution in [0.2, 0.25) is 0 Å². The van der Waals surface area contributed by atoms with Gasteiger partial charge in [-0.25, -0.2) is 4.68 Å². The first-order valence-electron chi connectivity index (χ1n) is 14.5. The molecule has 5 rings (SSSR count). The molecule has 3 aromatic carbocycles. The van der Waals surface area contributed by atoms with Crippen molar-refractivity contribution >= 4 is 40.6 Å². The van der Waals surface area contributed by atoms with Crippen LogP contribution in [-0.2, 0) is 11.8 Å². The maximum Gasteiger partial charge on any atom is 0.255 e. The van der Waals surface area contributed by atoms with Crippen LogP contribution in [0.4, 0.5) is 17.1 Å². The lowest BCUT2D eigenvalue weighted by molar-refractivity contribution is 0.102. The Bertz CT molecular complexity index is 1660. The summed E-state index contributed by atoms with van der Waals surface area (Å²) in [6.45, 7) is 6.37. The predicted octanol–water partition coefficient (Wildman–Crippen LogP) is 7.14. The van der Waals surface area contributed by atoms with Gasteiger partial charge in [-0.2, -0.15) is 5.10 Å². The first kappa shape index (κ1) is 30.1. The highest BCUT2D eigenvalue weighted by molar-refractivity contribution is 7.99. The summed E-state index contributed by atoms with van der Waals surface area (Å²) < 4.78 is 11.0. The zero-order valence-electron chi connectivity index (χ0n) is 25.7. The van der Waals surface area contributed by atoms with Gasteiger partial charge in [0.25, 0.3) is 5.91 Å². The number of aryl methyl sites for hydroxylation is 1. The second-order valence-corrected chi connectivity index (χ2v) is 11.8. The SMILES string of the molecule is CCc1c(/C(N)=C/N(C)c2cc(C(=O)Nc3cc(C4(C)CC4)cc(NSC)c3OC)ccc2C)cnn1-c1ccccc1. The van der Waals surface area contributed by atoms with Gasteiger partial charge in [0.15, 0.2) is 5.75 Å². The number of para-hydroxylation sites is 1. The predicted molar refractivity (Wildman–Crippen MR) is 179 cm³/mol. The van der Waals surface area contributed by atoms with E-state index in [9.17, 15) is 4.79 Å². The summed E-state index contributed by atoms with van der Waals surface area (Å²) in [4.78, 5) is 15.6. The van der Waals surface area contributed by atoms with E-state index in [1.54, 1.807) is 7.11 Å². The van der Waals surface area contributed by atoms with E-state index in [4.69, 9.17) is 10.5 Å². The summed E-state index contributed by atoms with van der Waals surface area (Å²) in [5, 5.41) is 7.74. The summed E-state index contributed by atoms with van der Waals surface area (Å²) in [6.07, 6.45) is 8.69. The van der Waals surface area contributed by atoms with Crippen molar-refractivity contribution in [1.82, 2.24) is 9.78 Å². The molecule has 1 aromatic heterocycles. The summed E-state index contributed by atoms with van der Waals surface area (Å²) in [5.41, 5.74) is 15.4. The molecular formula is C34H40N6O2S. The second-order valence-electron chi connectivity index (χ2n) is 11.2. The van der Waals surface area contributed by atoms with Gasteiger partial charge in [-0.3, -0.25) is 4.79 Å². The van der Waals surface area contributed by atoms with E-state index in [0.717, 1.165) is 53.1 Å². The number of nitrogens with one attached hydrogen (secondary N) is 2. The van der Waals surface area contributed by atoms with Crippen molar-refractivity contribution in [2.24, 2.45) is 5.73 Å². The van der Waals surface area contributed by atoms with Crippen molar-refractivity contribution in [1.29, 1.82) is 0 Å². The Balaban J connectivity index is 1.42. The third-order valence-corrected chi connectivity index (χ3v) is 8.57. The number of amides is 1. The zero-order chi connectivity index (χ0) is 30.7. The summed E-state index contributed by atoms with van der Waals surface area (Å²) in [5.74, 6) is 0.397. The molecule has 4 N–H and O–H groups in total. The topological polar surface area (TPSA) is 97.4 Å². The van der Waals surface area contributed by atoms with E-state index in [-0.39, 0.29) is 11.3 Å². The Morgan fingerprint density at radius 1 is 1.16 bits per heavy atom. The van der Waals surface area contributed by atoms with Crippen LogP contribution in [0.1, 0.15) is 59.4 Å². The number of hydrogen-bond donors (Lipinski definition) is 3. The molecule has 0 saturated heterocycles. The van der Waals surface area contributed by atoms with E-state index >= 15 is 0 Å². The Kier molecular flexibility index (Phi) is 8.73. The van der Waals surface area contributed by atoms with Gasteiger partial charge in [-0.15, -0.1) is 0 Å². The average Bonchev–Trinajstić information content (AvgIpc) is 3.61. The van der Waals surface area contributed by atoms with Crippen LogP contribution in [0.3, 0.4) is 0 Å². The molecule has 1 aliphatic carbocycles. The van der Waals surface area contributed by atoms with E-state index in [0.29, 0.717) is 22.7 Å². The van der Waals surface area contributed by atoms with Gasteiger partial charge in [0, 0.05) is 36.3 Å². The van der Waals surface area contributed by atoms with E-state index in [1.165, 1.54) is 17.5 Å². The number of benzene rings is 3. The molecular weight excluding hydrogens is 556 g/mol. The number of rotatable bonds is 11. The van der Waals surface area contributed by atoms with Gasteiger partial charge in [-0.1, -0.05) is 50.1 Å². The quantitative estimate of drug-likeness (QED) is 0.158. The number of nitrogens with zero attached hydrogens (tertiary/aromatic N) is 3. The van der Waals surface area contributed by atoms with Crippen molar-refractivity contribution in [3.05, 3.63) is 101 Å². The fourth-order valence-electron chi connectivity index (χ4n) is 5.37. The number of carbonyl (C=O) groups excluding carboxylic acids is 1. The molecule has 0 spiro atoms. The highest BCUT2D eigenvalue weighted by atomic mass is 32.2. The molecule has 9 heteroatoms. The van der Waals surface area contributed by atoms with Gasteiger partial charge in [0.2, 0.25) is 0 Å². The van der Waals surface area contributed by atoms with Crippen molar-refractivity contribution in [2.45, 2.75) is 45.4 Å². The average molecular weight is 597 g/mol. The molecule has 1 amide bonds. The van der Waals surface area contributed by atoms with E-state index < -0.39 is 0 Å². The first-order valence-corrected chi connectivity index (χ1v) is 15.7. The molecule has 224 valence electrons. The summed E-state index contributed by atoms with van der Waals surface area (Å²) >= 11 is 1.49. The summed E-state index contributed by atoms with van der Waals surface area (Å²) in [6, 6.07) is 19.9. The van der Waals surface area contributed by atoms with E-state index in [1.807, 2.05) is 96.8 Å². The third-order valence-electron chi connectivity index (χ3n) is 8.15. The highest BCUT2D eigenvalue weighted by Gasteiger charge is 2.40. The Labute approximate surface area is 258 Å². The van der Waals surface area contributed by atoms with Crippen LogP contribution in [-0.4, -0.2) is 36.1 Å². The number of carbonyl (C=O) groups is 1. The Morgan fingerprint density at radius 3 is 2.53 bits per heavy atom. The number of anilines is 3. The van der Waals surface area contributed by atoms with Crippen LogP contribution >= 0.6 is 11.9 Å². The Hall–Kier alpha value is -4.37. The lowest BCUT2D eigenvalue weighted by Gasteiger charge is -2.21. The van der Waals surface area contributed by atoms with Crippen LogP contribution in [0, 0.1) is 6.92 Å². The minimum Gasteiger partial charge on any atom is -0.492 e. The minimum atomic E-state index is -0.212. The zero-order valence-corrected chi connectivity index (χ0v) is 26.5. The third kappa shape index (κ3) is 6.22. The molecule has 0 atom stereocenters. The number of nitrogens with two attached hydrogens (primary N) is 1. The minimum absolute atomic E-state index is 0.127. The number of ether oxygens (including phenoxy) is 1. The lowest BCUT2D eigenvalue weighted by atomic mass is 9.96. The lowest BCUT2D eigenvalue weighted by Crippen LogP contribution is -2.17. The molecule has 0 radical (unpaired) electrons.